The third-order valence-corrected chi connectivity index (χ3v) is 10.5. The highest BCUT2D eigenvalue weighted by atomic mass is 16.1. The summed E-state index contributed by atoms with van der Waals surface area (Å²) in [6.45, 7) is 10.5. The zero-order valence-corrected chi connectivity index (χ0v) is 18.9. The number of hydrogen-bond acceptors (Lipinski definition) is 2. The van der Waals surface area contributed by atoms with Crippen LogP contribution in [0.5, 0.6) is 0 Å². The number of imidazole rings is 1. The topological polar surface area (TPSA) is 34.9 Å². The van der Waals surface area contributed by atoms with E-state index in [0.717, 1.165) is 29.6 Å². The summed E-state index contributed by atoms with van der Waals surface area (Å²) < 4.78 is 1.97. The van der Waals surface area contributed by atoms with Gasteiger partial charge in [-0.25, -0.2) is 4.98 Å². The van der Waals surface area contributed by atoms with Crippen LogP contribution in [-0.2, 0) is 11.3 Å². The van der Waals surface area contributed by atoms with E-state index in [9.17, 15) is 4.79 Å². The Morgan fingerprint density at radius 3 is 2.59 bits per heavy atom. The lowest BCUT2D eigenvalue weighted by Crippen LogP contribution is -2.53. The molecule has 4 aliphatic carbocycles. The number of rotatable bonds is 3. The standard InChI is InChI=1S/C26H40N2O/c1-17-7-9-25(3)19(13-17)5-6-20-21(25)8-10-26(4)22(20)14-18(2)24(26)23(29)15-28-12-11-27-16-28/h11-12,16-22,24H,5-10,13-15H2,1-4H3. The van der Waals surface area contributed by atoms with Crippen LogP contribution in [0.4, 0.5) is 0 Å². The molecule has 9 unspecified atom stereocenters. The smallest absolute Gasteiger partial charge is 0.156 e. The van der Waals surface area contributed by atoms with Gasteiger partial charge in [-0.15, -0.1) is 0 Å². The summed E-state index contributed by atoms with van der Waals surface area (Å²) in [5.74, 6) is 5.60. The predicted octanol–water partition coefficient (Wildman–Crippen LogP) is 5.99. The molecule has 0 bridgehead atoms. The summed E-state index contributed by atoms with van der Waals surface area (Å²) in [5, 5.41) is 0. The van der Waals surface area contributed by atoms with E-state index in [1.807, 2.05) is 10.8 Å². The average Bonchev–Trinajstić information content (AvgIpc) is 3.26. The molecule has 0 aromatic carbocycles. The van der Waals surface area contributed by atoms with Gasteiger partial charge in [-0.05, 0) is 91.3 Å². The van der Waals surface area contributed by atoms with Crippen molar-refractivity contribution < 1.29 is 4.79 Å². The Morgan fingerprint density at radius 2 is 1.83 bits per heavy atom. The molecule has 29 heavy (non-hydrogen) atoms. The molecule has 4 saturated carbocycles. The molecule has 3 nitrogen and oxygen atoms in total. The van der Waals surface area contributed by atoms with Gasteiger partial charge in [0.15, 0.2) is 5.78 Å². The normalized spacial score (nSPS) is 49.2. The number of fused-ring (bicyclic) bond motifs is 5. The third kappa shape index (κ3) is 2.97. The van der Waals surface area contributed by atoms with Crippen molar-refractivity contribution in [2.75, 3.05) is 0 Å². The Labute approximate surface area is 177 Å². The minimum atomic E-state index is 0.212. The van der Waals surface area contributed by atoms with Crippen molar-refractivity contribution in [2.45, 2.75) is 85.6 Å². The molecule has 0 N–H and O–H groups in total. The van der Waals surface area contributed by atoms with Gasteiger partial charge in [-0.1, -0.05) is 34.1 Å². The number of carbonyl (C=O) groups excluding carboxylic acids is 1. The molecule has 0 aliphatic heterocycles. The first-order chi connectivity index (χ1) is 13.8. The number of nitrogens with zero attached hydrogens (tertiary/aromatic N) is 2. The van der Waals surface area contributed by atoms with Crippen LogP contribution in [0.25, 0.3) is 0 Å². The first-order valence-electron chi connectivity index (χ1n) is 12.3. The Bertz CT molecular complexity index is 757. The van der Waals surface area contributed by atoms with Crippen LogP contribution in [0, 0.1) is 52.3 Å². The predicted molar refractivity (Wildman–Crippen MR) is 116 cm³/mol. The van der Waals surface area contributed by atoms with Crippen molar-refractivity contribution in [3.05, 3.63) is 18.7 Å². The van der Waals surface area contributed by atoms with Crippen LogP contribution in [0.1, 0.15) is 79.1 Å². The fourth-order valence-corrected chi connectivity index (χ4v) is 9.18. The van der Waals surface area contributed by atoms with Crippen LogP contribution in [0.3, 0.4) is 0 Å². The van der Waals surface area contributed by atoms with E-state index >= 15 is 0 Å². The second-order valence-electron chi connectivity index (χ2n) is 12.0. The SMILES string of the molecule is CC1CCC2(C)C(CCC3C2CCC2(C)C3CC(C)C2C(=O)Cn2ccnc2)C1. The maximum atomic E-state index is 13.4. The van der Waals surface area contributed by atoms with Crippen molar-refractivity contribution in [1.82, 2.24) is 9.55 Å². The molecule has 0 radical (unpaired) electrons. The lowest BCUT2D eigenvalue weighted by molar-refractivity contribution is -0.138. The fraction of sp³-hybridized carbons (Fsp3) is 0.846. The molecule has 1 aromatic rings. The molecule has 0 amide bonds. The monoisotopic (exact) mass is 396 g/mol. The van der Waals surface area contributed by atoms with E-state index in [2.05, 4.69) is 32.7 Å². The van der Waals surface area contributed by atoms with Crippen molar-refractivity contribution in [1.29, 1.82) is 0 Å². The van der Waals surface area contributed by atoms with E-state index in [1.54, 1.807) is 12.5 Å². The van der Waals surface area contributed by atoms with Gasteiger partial charge in [0.05, 0.1) is 12.9 Å². The van der Waals surface area contributed by atoms with Gasteiger partial charge < -0.3 is 4.57 Å². The maximum absolute atomic E-state index is 13.4. The number of aromatic nitrogens is 2. The number of Topliss-reactive ketones (excluding diaryl/α,β-unsaturated/α-hetero) is 1. The highest BCUT2D eigenvalue weighted by Gasteiger charge is 2.62. The minimum Gasteiger partial charge on any atom is -0.330 e. The lowest BCUT2D eigenvalue weighted by Gasteiger charge is -2.61. The summed E-state index contributed by atoms with van der Waals surface area (Å²) in [5.41, 5.74) is 0.780. The number of ketones is 1. The Kier molecular flexibility index (Phi) is 4.75. The van der Waals surface area contributed by atoms with E-state index in [4.69, 9.17) is 0 Å². The van der Waals surface area contributed by atoms with Crippen molar-refractivity contribution in [3.63, 3.8) is 0 Å². The second-order valence-corrected chi connectivity index (χ2v) is 12.0. The largest absolute Gasteiger partial charge is 0.330 e. The van der Waals surface area contributed by atoms with E-state index in [-0.39, 0.29) is 11.3 Å². The Balaban J connectivity index is 1.39. The molecular formula is C26H40N2O. The molecule has 160 valence electrons. The molecular weight excluding hydrogens is 356 g/mol. The zero-order chi connectivity index (χ0) is 20.4. The minimum absolute atomic E-state index is 0.212. The summed E-state index contributed by atoms with van der Waals surface area (Å²) in [7, 11) is 0. The van der Waals surface area contributed by atoms with Crippen LogP contribution < -0.4 is 0 Å². The van der Waals surface area contributed by atoms with Crippen LogP contribution in [-0.4, -0.2) is 15.3 Å². The summed E-state index contributed by atoms with van der Waals surface area (Å²) >= 11 is 0. The number of carbonyl (C=O) groups is 1. The van der Waals surface area contributed by atoms with Gasteiger partial charge in [0, 0.05) is 18.3 Å². The van der Waals surface area contributed by atoms with Gasteiger partial charge in [0.2, 0.25) is 0 Å². The van der Waals surface area contributed by atoms with Gasteiger partial charge >= 0.3 is 0 Å². The van der Waals surface area contributed by atoms with Crippen LogP contribution in [0.2, 0.25) is 0 Å². The second kappa shape index (κ2) is 6.95. The van der Waals surface area contributed by atoms with Gasteiger partial charge in [0.25, 0.3) is 0 Å². The molecule has 9 atom stereocenters. The molecule has 3 heteroatoms. The lowest BCUT2D eigenvalue weighted by atomic mass is 9.44. The maximum Gasteiger partial charge on any atom is 0.156 e. The fourth-order valence-electron chi connectivity index (χ4n) is 9.18. The van der Waals surface area contributed by atoms with E-state index < -0.39 is 0 Å². The molecule has 1 aromatic heterocycles. The first kappa shape index (κ1) is 19.8. The highest BCUT2D eigenvalue weighted by Crippen LogP contribution is 2.68. The van der Waals surface area contributed by atoms with Crippen molar-refractivity contribution in [2.24, 2.45) is 52.3 Å². The summed E-state index contributed by atoms with van der Waals surface area (Å²) in [6.07, 6.45) is 16.6. The van der Waals surface area contributed by atoms with Crippen molar-refractivity contribution in [3.8, 4) is 0 Å². The highest BCUT2D eigenvalue weighted by molar-refractivity contribution is 5.82. The molecule has 0 saturated heterocycles. The Morgan fingerprint density at radius 1 is 1.03 bits per heavy atom. The van der Waals surface area contributed by atoms with E-state index in [1.165, 1.54) is 51.4 Å². The summed E-state index contributed by atoms with van der Waals surface area (Å²) in [6, 6.07) is 0. The first-order valence-corrected chi connectivity index (χ1v) is 12.3. The van der Waals surface area contributed by atoms with Crippen molar-refractivity contribution >= 4 is 5.78 Å². The average molecular weight is 397 g/mol. The van der Waals surface area contributed by atoms with E-state index in [0.29, 0.717) is 23.7 Å². The third-order valence-electron chi connectivity index (χ3n) is 10.5. The van der Waals surface area contributed by atoms with Gasteiger partial charge in [-0.2, -0.15) is 0 Å². The molecule has 1 heterocycles. The van der Waals surface area contributed by atoms with Crippen LogP contribution >= 0.6 is 0 Å². The zero-order valence-electron chi connectivity index (χ0n) is 18.9. The summed E-state index contributed by atoms with van der Waals surface area (Å²) in [4.78, 5) is 17.6. The Hall–Kier alpha value is -1.12. The molecule has 5 rings (SSSR count). The molecule has 0 spiro atoms. The van der Waals surface area contributed by atoms with Gasteiger partial charge in [-0.3, -0.25) is 4.79 Å². The van der Waals surface area contributed by atoms with Crippen LogP contribution in [0.15, 0.2) is 18.7 Å². The molecule has 4 fully saturated rings. The molecule has 4 aliphatic rings. The quantitative estimate of drug-likeness (QED) is 0.628. The number of hydrogen-bond donors (Lipinski definition) is 0. The van der Waals surface area contributed by atoms with Gasteiger partial charge in [0.1, 0.15) is 0 Å².